The molecule has 0 unspecified atom stereocenters. The van der Waals surface area contributed by atoms with Crippen LogP contribution in [0.15, 0.2) is 18.2 Å². The lowest BCUT2D eigenvalue weighted by atomic mass is 10.1. The lowest BCUT2D eigenvalue weighted by Crippen LogP contribution is -2.38. The normalized spacial score (nSPS) is 14.5. The van der Waals surface area contributed by atoms with Gasteiger partial charge in [0.2, 0.25) is 0 Å². The smallest absolute Gasteiger partial charge is 0.251 e. The minimum Gasteiger partial charge on any atom is -0.389 e. The Hall–Kier alpha value is -1.35. The van der Waals surface area contributed by atoms with Crippen molar-refractivity contribution in [1.29, 1.82) is 0 Å². The molecule has 3 heteroatoms. The highest BCUT2D eigenvalue weighted by Gasteiger charge is 2.17. The highest BCUT2D eigenvalue weighted by atomic mass is 16.3. The second-order valence-corrected chi connectivity index (χ2v) is 5.33. The zero-order valence-corrected chi connectivity index (χ0v) is 10.4. The van der Waals surface area contributed by atoms with E-state index in [1.807, 2.05) is 18.2 Å². The fraction of sp³-hybridized carbons (Fsp3) is 0.500. The van der Waals surface area contributed by atoms with Crippen molar-refractivity contribution >= 4 is 5.91 Å². The Morgan fingerprint density at radius 1 is 1.35 bits per heavy atom. The summed E-state index contributed by atoms with van der Waals surface area (Å²) in [5, 5.41) is 12.3. The van der Waals surface area contributed by atoms with Crippen LogP contribution in [0.1, 0.15) is 41.8 Å². The number of rotatable bonds is 3. The van der Waals surface area contributed by atoms with Crippen LogP contribution < -0.4 is 5.32 Å². The molecule has 92 valence electrons. The third-order valence-corrected chi connectivity index (χ3v) is 3.04. The Kier molecular flexibility index (Phi) is 3.20. The summed E-state index contributed by atoms with van der Waals surface area (Å²) >= 11 is 0. The molecule has 0 saturated heterocycles. The fourth-order valence-electron chi connectivity index (χ4n) is 2.11. The highest BCUT2D eigenvalue weighted by molar-refractivity contribution is 5.94. The van der Waals surface area contributed by atoms with E-state index in [4.69, 9.17) is 0 Å². The molecule has 0 saturated carbocycles. The number of hydrogen-bond acceptors (Lipinski definition) is 2. The van der Waals surface area contributed by atoms with E-state index in [1.54, 1.807) is 13.8 Å². The molecule has 2 N–H and O–H groups in total. The molecular weight excluding hydrogens is 214 g/mol. The zero-order chi connectivity index (χ0) is 12.5. The van der Waals surface area contributed by atoms with E-state index in [9.17, 15) is 9.90 Å². The second kappa shape index (κ2) is 4.49. The van der Waals surface area contributed by atoms with Gasteiger partial charge in [0.25, 0.3) is 5.91 Å². The molecule has 0 fully saturated rings. The molecule has 0 aliphatic heterocycles. The third kappa shape index (κ3) is 3.07. The zero-order valence-electron chi connectivity index (χ0n) is 10.4. The van der Waals surface area contributed by atoms with Gasteiger partial charge < -0.3 is 10.4 Å². The van der Waals surface area contributed by atoms with Crippen molar-refractivity contribution in [1.82, 2.24) is 5.32 Å². The predicted molar refractivity (Wildman–Crippen MR) is 67.1 cm³/mol. The van der Waals surface area contributed by atoms with Crippen molar-refractivity contribution in [2.75, 3.05) is 6.54 Å². The van der Waals surface area contributed by atoms with Crippen molar-refractivity contribution in [2.24, 2.45) is 0 Å². The number of benzene rings is 1. The fourth-order valence-corrected chi connectivity index (χ4v) is 2.11. The highest BCUT2D eigenvalue weighted by Crippen LogP contribution is 2.22. The Morgan fingerprint density at radius 2 is 2.06 bits per heavy atom. The van der Waals surface area contributed by atoms with Gasteiger partial charge in [-0.15, -0.1) is 0 Å². The van der Waals surface area contributed by atoms with Crippen molar-refractivity contribution in [3.8, 4) is 0 Å². The van der Waals surface area contributed by atoms with Crippen LogP contribution in [0, 0.1) is 0 Å². The van der Waals surface area contributed by atoms with E-state index in [2.05, 4.69) is 5.32 Å². The summed E-state index contributed by atoms with van der Waals surface area (Å²) < 4.78 is 0. The Morgan fingerprint density at radius 3 is 2.76 bits per heavy atom. The van der Waals surface area contributed by atoms with Gasteiger partial charge in [0.15, 0.2) is 0 Å². The maximum atomic E-state index is 11.9. The number of nitrogens with one attached hydrogen (secondary N) is 1. The van der Waals surface area contributed by atoms with Crippen LogP contribution >= 0.6 is 0 Å². The summed E-state index contributed by atoms with van der Waals surface area (Å²) in [7, 11) is 0. The molecule has 1 aromatic rings. The van der Waals surface area contributed by atoms with E-state index < -0.39 is 5.60 Å². The number of fused-ring (bicyclic) bond motifs is 1. The molecule has 17 heavy (non-hydrogen) atoms. The summed E-state index contributed by atoms with van der Waals surface area (Å²) in [5.74, 6) is -0.109. The predicted octanol–water partition coefficient (Wildman–Crippen LogP) is 1.68. The van der Waals surface area contributed by atoms with Gasteiger partial charge in [-0.25, -0.2) is 0 Å². The average molecular weight is 233 g/mol. The van der Waals surface area contributed by atoms with E-state index in [-0.39, 0.29) is 12.5 Å². The average Bonchev–Trinajstić information content (AvgIpc) is 2.71. The third-order valence-electron chi connectivity index (χ3n) is 3.04. The topological polar surface area (TPSA) is 49.3 Å². The van der Waals surface area contributed by atoms with Gasteiger partial charge >= 0.3 is 0 Å². The first-order chi connectivity index (χ1) is 7.96. The first-order valence-corrected chi connectivity index (χ1v) is 6.08. The maximum Gasteiger partial charge on any atom is 0.251 e. The van der Waals surface area contributed by atoms with E-state index in [0.717, 1.165) is 12.8 Å². The quantitative estimate of drug-likeness (QED) is 0.834. The molecule has 0 radical (unpaired) electrons. The first kappa shape index (κ1) is 12.1. The minimum absolute atomic E-state index is 0.109. The van der Waals surface area contributed by atoms with Crippen LogP contribution in [0.5, 0.6) is 0 Å². The molecule has 1 aliphatic rings. The Bertz CT molecular complexity index is 432. The van der Waals surface area contributed by atoms with Crippen molar-refractivity contribution in [2.45, 2.75) is 38.7 Å². The van der Waals surface area contributed by atoms with Crippen molar-refractivity contribution < 1.29 is 9.90 Å². The lowest BCUT2D eigenvalue weighted by molar-refractivity contribution is 0.0694. The number of carbonyl (C=O) groups excluding carboxylic acids is 1. The minimum atomic E-state index is -0.869. The van der Waals surface area contributed by atoms with Gasteiger partial charge in [-0.3, -0.25) is 4.79 Å². The standard InChI is InChI=1S/C14H19NO2/c1-14(2,17)9-15-13(16)12-7-6-10-4-3-5-11(10)8-12/h6-8,17H,3-5,9H2,1-2H3,(H,15,16). The van der Waals surface area contributed by atoms with Gasteiger partial charge in [0.1, 0.15) is 0 Å². The summed E-state index contributed by atoms with van der Waals surface area (Å²) in [5.41, 5.74) is 2.48. The molecule has 0 heterocycles. The van der Waals surface area contributed by atoms with Gasteiger partial charge in [-0.1, -0.05) is 6.07 Å². The van der Waals surface area contributed by atoms with Crippen LogP contribution in [-0.4, -0.2) is 23.2 Å². The van der Waals surface area contributed by atoms with Crippen LogP contribution in [-0.2, 0) is 12.8 Å². The number of aryl methyl sites for hydroxylation is 2. The second-order valence-electron chi connectivity index (χ2n) is 5.33. The first-order valence-electron chi connectivity index (χ1n) is 6.08. The molecule has 1 aromatic carbocycles. The van der Waals surface area contributed by atoms with Crippen LogP contribution in [0.2, 0.25) is 0 Å². The number of amides is 1. The number of carbonyl (C=O) groups is 1. The molecule has 1 amide bonds. The Balaban J connectivity index is 2.05. The number of aliphatic hydroxyl groups is 1. The van der Waals surface area contributed by atoms with Crippen molar-refractivity contribution in [3.05, 3.63) is 34.9 Å². The van der Waals surface area contributed by atoms with Crippen LogP contribution in [0.25, 0.3) is 0 Å². The van der Waals surface area contributed by atoms with E-state index in [0.29, 0.717) is 5.56 Å². The molecule has 0 bridgehead atoms. The van der Waals surface area contributed by atoms with Crippen molar-refractivity contribution in [3.63, 3.8) is 0 Å². The van der Waals surface area contributed by atoms with Gasteiger partial charge in [0, 0.05) is 12.1 Å². The monoisotopic (exact) mass is 233 g/mol. The van der Waals surface area contributed by atoms with E-state index >= 15 is 0 Å². The van der Waals surface area contributed by atoms with Crippen LogP contribution in [0.3, 0.4) is 0 Å². The van der Waals surface area contributed by atoms with Gasteiger partial charge in [0.05, 0.1) is 5.60 Å². The molecule has 0 atom stereocenters. The number of hydrogen-bond donors (Lipinski definition) is 2. The molecule has 1 aliphatic carbocycles. The molecule has 2 rings (SSSR count). The molecule has 0 spiro atoms. The Labute approximate surface area is 102 Å². The van der Waals surface area contributed by atoms with E-state index in [1.165, 1.54) is 17.5 Å². The van der Waals surface area contributed by atoms with Crippen LogP contribution in [0.4, 0.5) is 0 Å². The summed E-state index contributed by atoms with van der Waals surface area (Å²) in [6.07, 6.45) is 3.38. The SMILES string of the molecule is CC(C)(O)CNC(=O)c1ccc2c(c1)CCC2. The largest absolute Gasteiger partial charge is 0.389 e. The maximum absolute atomic E-state index is 11.9. The summed E-state index contributed by atoms with van der Waals surface area (Å²) in [6.45, 7) is 3.62. The lowest BCUT2D eigenvalue weighted by Gasteiger charge is -2.17. The summed E-state index contributed by atoms with van der Waals surface area (Å²) in [4.78, 5) is 11.9. The molecular formula is C14H19NO2. The molecule has 0 aromatic heterocycles. The molecule has 3 nitrogen and oxygen atoms in total. The van der Waals surface area contributed by atoms with Gasteiger partial charge in [-0.05, 0) is 56.4 Å². The van der Waals surface area contributed by atoms with Gasteiger partial charge in [-0.2, -0.15) is 0 Å². The summed E-state index contributed by atoms with van der Waals surface area (Å²) in [6, 6.07) is 5.88.